The van der Waals surface area contributed by atoms with Crippen molar-refractivity contribution in [1.29, 1.82) is 0 Å². The summed E-state index contributed by atoms with van der Waals surface area (Å²) in [6.07, 6.45) is -67.3. The quantitative estimate of drug-likeness (QED) is 0.0382. The number of ether oxygens (including phenoxy) is 13. The van der Waals surface area contributed by atoms with Crippen molar-refractivity contribution in [3.05, 3.63) is 0 Å². The van der Waals surface area contributed by atoms with E-state index in [4.69, 9.17) is 67.3 Å². The minimum atomic E-state index is -2.39. The molecular formula is C50H84N4O38. The molecule has 7 rings (SSSR count). The molecule has 7 heterocycles. The molecule has 3 amide bonds. The third-order valence-corrected chi connectivity index (χ3v) is 16.4. The van der Waals surface area contributed by atoms with Gasteiger partial charge >= 0.3 is 5.97 Å². The van der Waals surface area contributed by atoms with E-state index in [0.717, 1.165) is 13.8 Å². The highest BCUT2D eigenvalue weighted by atomic mass is 16.8. The molecule has 7 saturated heterocycles. The van der Waals surface area contributed by atoms with Crippen LogP contribution in [0.5, 0.6) is 0 Å². The van der Waals surface area contributed by atoms with Crippen molar-refractivity contribution in [3.8, 4) is 0 Å². The molecule has 0 bridgehead atoms. The summed E-state index contributed by atoms with van der Waals surface area (Å²) < 4.78 is 75.1. The summed E-state index contributed by atoms with van der Waals surface area (Å²) in [5, 5.41) is 235. The van der Waals surface area contributed by atoms with Crippen LogP contribution < -0.4 is 21.7 Å². The van der Waals surface area contributed by atoms with E-state index in [1.807, 2.05) is 0 Å². The van der Waals surface area contributed by atoms with Crippen LogP contribution in [0, 0.1) is 0 Å². The SMILES string of the molecule is CC(=O)N[C@@H]1[C@@H](O)[C@H](O[C@@H]2O[C@H](CO)[C@@H](O[C@@H]3O[C@H](CO[C@H]4O[C@H](CO[C@H]5O[C@H](CO)[C@@H](O)[C@H](O)[C@@H]5O)[C@@H](O)[C@H](O[C@H]5O[C@H](CO)[C@@H](O)[C@H](O)[C@@H]5O)[C@@H]4O)[C@@H](O)[C@H](O[C@H]4O[C@H](CO)[C@@H](O)[C@H](O)[C@@H]4O)[C@@H]3O)[C@H](O)[C@H]2NC(C)=O)[C@@H](CO)O[C@H]1N[C@@H](CC(N)=O)C(=O)O. The Morgan fingerprint density at radius 3 is 1.13 bits per heavy atom. The van der Waals surface area contributed by atoms with Gasteiger partial charge in [0.05, 0.1) is 58.7 Å². The molecule has 0 aromatic rings. The van der Waals surface area contributed by atoms with Gasteiger partial charge in [-0.2, -0.15) is 0 Å². The summed E-state index contributed by atoms with van der Waals surface area (Å²) in [6.45, 7) is -5.18. The number of carboxylic acids is 1. The Morgan fingerprint density at radius 1 is 0.380 bits per heavy atom. The Hall–Kier alpha value is -3.48. The second-order valence-corrected chi connectivity index (χ2v) is 22.9. The maximum atomic E-state index is 12.9. The van der Waals surface area contributed by atoms with Crippen LogP contribution in [0.15, 0.2) is 0 Å². The highest BCUT2D eigenvalue weighted by Gasteiger charge is 2.58. The van der Waals surface area contributed by atoms with E-state index in [-0.39, 0.29) is 0 Å². The number of aliphatic hydroxyl groups is 20. The van der Waals surface area contributed by atoms with Gasteiger partial charge in [-0.3, -0.25) is 24.5 Å². The molecule has 0 spiro atoms. The number of aliphatic carboxylic acids is 1. The van der Waals surface area contributed by atoms with Gasteiger partial charge in [0.15, 0.2) is 37.7 Å². The minimum absolute atomic E-state index is 0.817. The van der Waals surface area contributed by atoms with E-state index >= 15 is 0 Å². The molecular weight excluding hydrogens is 1260 g/mol. The van der Waals surface area contributed by atoms with Crippen molar-refractivity contribution in [2.75, 3.05) is 46.2 Å². The molecule has 0 aromatic heterocycles. The lowest BCUT2D eigenvalue weighted by Crippen LogP contribution is -2.72. The molecule has 42 nitrogen and oxygen atoms in total. The number of carboxylic acid groups (broad SMARTS) is 1. The number of carbonyl (C=O) groups excluding carboxylic acids is 3. The zero-order valence-corrected chi connectivity index (χ0v) is 48.9. The molecule has 42 heteroatoms. The maximum Gasteiger partial charge on any atom is 0.321 e. The highest BCUT2D eigenvalue weighted by Crippen LogP contribution is 2.37. The zero-order chi connectivity index (χ0) is 68.1. The van der Waals surface area contributed by atoms with Gasteiger partial charge in [0.25, 0.3) is 0 Å². The summed E-state index contributed by atoms with van der Waals surface area (Å²) in [7, 11) is 0. The molecule has 0 saturated carbocycles. The number of hydrogen-bond acceptors (Lipinski definition) is 38. The predicted molar refractivity (Wildman–Crippen MR) is 281 cm³/mol. The van der Waals surface area contributed by atoms with E-state index in [2.05, 4.69) is 16.0 Å². The van der Waals surface area contributed by atoms with Gasteiger partial charge in [0.1, 0.15) is 177 Å². The van der Waals surface area contributed by atoms with Crippen LogP contribution in [0.25, 0.3) is 0 Å². The van der Waals surface area contributed by atoms with Gasteiger partial charge in [-0.15, -0.1) is 0 Å². The van der Waals surface area contributed by atoms with Gasteiger partial charge in [-0.25, -0.2) is 0 Å². The van der Waals surface area contributed by atoms with Gasteiger partial charge in [0.2, 0.25) is 17.7 Å². The summed E-state index contributed by atoms with van der Waals surface area (Å²) in [5.74, 6) is -4.46. The molecule has 92 heavy (non-hydrogen) atoms. The number of carbonyl (C=O) groups is 4. The maximum absolute atomic E-state index is 12.9. The Morgan fingerprint density at radius 2 is 0.707 bits per heavy atom. The first-order valence-corrected chi connectivity index (χ1v) is 28.9. The molecule has 532 valence electrons. The monoisotopic (exact) mass is 1350 g/mol. The minimum Gasteiger partial charge on any atom is -0.480 e. The zero-order valence-electron chi connectivity index (χ0n) is 48.9. The standard InChI is InChI=1S/C50H84N4O38/c1-11(60)52-22-29(68)39(17(7-58)82-43(22)54-13(44(78)79)3-21(51)62)89-45-23(53-12(2)61)30(69)40(18(8-59)86-45)90-50-38(77)42(92-49-36(75)33(72)26(65)16(6-57)85-49)28(67)20(88-50)10-81-47-37(76)41(91-48-35(74)32(71)25(64)15(5-56)84-48)27(66)19(87-47)9-80-46-34(73)31(70)24(63)14(4-55)83-46/h13-20,22-43,45-50,54-59,63-77H,3-10H2,1-2H3,(H2,51,62)(H,52,60)(H,53,61)(H,78,79)/t13-,14+,15+,16+,17+,18+,19+,20+,22+,23+,24+,25+,26+,27+,28+,29+,30+,31-,32-,33-,34-,35-,36-,37-,38-,39+,40+,41-,42-,43+,45-,46-,47-,48+,49+,50-/m0/s1. The van der Waals surface area contributed by atoms with Crippen molar-refractivity contribution >= 4 is 23.7 Å². The van der Waals surface area contributed by atoms with E-state index in [0.29, 0.717) is 0 Å². The smallest absolute Gasteiger partial charge is 0.321 e. The Balaban J connectivity index is 1.17. The number of aliphatic hydroxyl groups excluding tert-OH is 20. The van der Waals surface area contributed by atoms with Crippen molar-refractivity contribution in [3.63, 3.8) is 0 Å². The lowest BCUT2D eigenvalue weighted by molar-refractivity contribution is -0.387. The molecule has 0 aromatic carbocycles. The van der Waals surface area contributed by atoms with Gasteiger partial charge < -0.3 is 185 Å². The Kier molecular flexibility index (Phi) is 27.4. The number of primary amides is 1. The highest BCUT2D eigenvalue weighted by molar-refractivity contribution is 5.83. The topological polar surface area (TPSA) is 675 Å². The average Bonchev–Trinajstić information content (AvgIpc) is 0.780. The first kappa shape index (κ1) is 75.9. The molecule has 7 fully saturated rings. The van der Waals surface area contributed by atoms with Crippen LogP contribution in [0.4, 0.5) is 0 Å². The van der Waals surface area contributed by atoms with Crippen LogP contribution in [0.3, 0.4) is 0 Å². The first-order chi connectivity index (χ1) is 43.4. The summed E-state index contributed by atoms with van der Waals surface area (Å²) in [5.41, 5.74) is 5.21. The van der Waals surface area contributed by atoms with E-state index in [1.165, 1.54) is 0 Å². The van der Waals surface area contributed by atoms with Gasteiger partial charge in [0, 0.05) is 13.8 Å². The molecule has 36 atom stereocenters. The van der Waals surface area contributed by atoms with Crippen molar-refractivity contribution in [2.24, 2.45) is 5.73 Å². The number of amides is 3. The fourth-order valence-electron chi connectivity index (χ4n) is 11.4. The Labute approximate surface area is 519 Å². The summed E-state index contributed by atoms with van der Waals surface area (Å²) >= 11 is 0. The number of hydrogen-bond donors (Lipinski definition) is 25. The fraction of sp³-hybridized carbons (Fsp3) is 0.920. The predicted octanol–water partition coefficient (Wildman–Crippen LogP) is -17.1. The molecule has 0 radical (unpaired) electrons. The van der Waals surface area contributed by atoms with Crippen LogP contribution >= 0.6 is 0 Å². The molecule has 7 aliphatic heterocycles. The third kappa shape index (κ3) is 17.1. The van der Waals surface area contributed by atoms with Crippen LogP contribution in [-0.4, -0.2) is 398 Å². The third-order valence-electron chi connectivity index (χ3n) is 16.4. The van der Waals surface area contributed by atoms with Crippen molar-refractivity contribution in [2.45, 2.75) is 241 Å². The van der Waals surface area contributed by atoms with E-state index in [9.17, 15) is 126 Å². The first-order valence-electron chi connectivity index (χ1n) is 28.9. The normalized spacial score (nSPS) is 47.3. The molecule has 0 aliphatic carbocycles. The summed E-state index contributed by atoms with van der Waals surface area (Å²) in [6, 6.07) is -5.34. The summed E-state index contributed by atoms with van der Waals surface area (Å²) in [4.78, 5) is 49.1. The number of nitrogens with one attached hydrogen (secondary N) is 3. The lowest BCUT2D eigenvalue weighted by Gasteiger charge is -2.50. The van der Waals surface area contributed by atoms with Crippen LogP contribution in [0.1, 0.15) is 20.3 Å². The average molecular weight is 1350 g/mol. The fourth-order valence-corrected chi connectivity index (χ4v) is 11.4. The number of nitrogens with two attached hydrogens (primary N) is 1. The van der Waals surface area contributed by atoms with Gasteiger partial charge in [-0.1, -0.05) is 0 Å². The van der Waals surface area contributed by atoms with Gasteiger partial charge in [-0.05, 0) is 0 Å². The van der Waals surface area contributed by atoms with E-state index < -0.39 is 297 Å². The van der Waals surface area contributed by atoms with Crippen molar-refractivity contribution < 1.29 is 188 Å². The van der Waals surface area contributed by atoms with E-state index in [1.54, 1.807) is 0 Å². The van der Waals surface area contributed by atoms with Crippen LogP contribution in [-0.2, 0) is 80.8 Å². The second-order valence-electron chi connectivity index (χ2n) is 22.9. The molecule has 0 unspecified atom stereocenters. The molecule has 7 aliphatic rings. The number of rotatable bonds is 26. The van der Waals surface area contributed by atoms with Crippen molar-refractivity contribution in [1.82, 2.24) is 16.0 Å². The second kappa shape index (κ2) is 33.2. The molecule has 26 N–H and O–H groups in total. The van der Waals surface area contributed by atoms with Crippen LogP contribution in [0.2, 0.25) is 0 Å². The Bertz CT molecular complexity index is 2360. The lowest BCUT2D eigenvalue weighted by atomic mass is 9.93. The largest absolute Gasteiger partial charge is 0.480 e.